The molecule has 1 fully saturated rings. The second kappa shape index (κ2) is 4.84. The predicted molar refractivity (Wildman–Crippen MR) is 82.7 cm³/mol. The monoisotopic (exact) mass is 298 g/mol. The van der Waals surface area contributed by atoms with Crippen molar-refractivity contribution < 1.29 is 9.15 Å². The first-order valence-electron chi connectivity index (χ1n) is 7.38. The molecule has 3 heterocycles. The molecule has 1 unspecified atom stereocenters. The van der Waals surface area contributed by atoms with Gasteiger partial charge in [0.15, 0.2) is 5.58 Å². The number of benzene rings is 1. The molecule has 0 spiro atoms. The number of nitrogens with zero attached hydrogens (tertiary/aromatic N) is 4. The van der Waals surface area contributed by atoms with E-state index in [-0.39, 0.29) is 0 Å². The Morgan fingerprint density at radius 3 is 2.91 bits per heavy atom. The molecule has 1 aromatic carbocycles. The lowest BCUT2D eigenvalue weighted by molar-refractivity contribution is -0.0478. The molecule has 0 bridgehead atoms. The lowest BCUT2D eigenvalue weighted by atomic mass is 9.97. The molecule has 2 aromatic heterocycles. The predicted octanol–water partition coefficient (Wildman–Crippen LogP) is 2.31. The van der Waals surface area contributed by atoms with Crippen molar-refractivity contribution in [3.63, 3.8) is 0 Å². The van der Waals surface area contributed by atoms with Crippen LogP contribution in [0, 0.1) is 0 Å². The van der Waals surface area contributed by atoms with Gasteiger partial charge >= 0.3 is 0 Å². The van der Waals surface area contributed by atoms with Crippen molar-refractivity contribution in [3.8, 4) is 0 Å². The molecule has 114 valence electrons. The molecule has 0 amide bonds. The first kappa shape index (κ1) is 13.3. The van der Waals surface area contributed by atoms with E-state index in [2.05, 4.69) is 21.9 Å². The first-order valence-corrected chi connectivity index (χ1v) is 7.38. The van der Waals surface area contributed by atoms with Gasteiger partial charge in [-0.05, 0) is 19.1 Å². The number of morpholine rings is 1. The highest BCUT2D eigenvalue weighted by atomic mass is 16.5. The zero-order valence-electron chi connectivity index (χ0n) is 12.7. The van der Waals surface area contributed by atoms with Crippen LogP contribution in [0.1, 0.15) is 12.5 Å². The fraction of sp³-hybridized carbons (Fsp3) is 0.375. The number of para-hydroxylation sites is 2. The minimum atomic E-state index is -0.410. The van der Waals surface area contributed by atoms with Crippen LogP contribution in [0.4, 0.5) is 6.01 Å². The van der Waals surface area contributed by atoms with E-state index in [4.69, 9.17) is 9.15 Å². The average molecular weight is 298 g/mol. The van der Waals surface area contributed by atoms with Gasteiger partial charge in [0, 0.05) is 25.4 Å². The average Bonchev–Trinajstić information content (AvgIpc) is 3.13. The molecule has 1 aliphatic heterocycles. The smallest absolute Gasteiger partial charge is 0.298 e. The maximum Gasteiger partial charge on any atom is 0.298 e. The van der Waals surface area contributed by atoms with Crippen molar-refractivity contribution in [2.24, 2.45) is 7.05 Å². The molecule has 4 rings (SSSR count). The summed E-state index contributed by atoms with van der Waals surface area (Å²) in [6.07, 6.45) is 3.85. The molecule has 0 aliphatic carbocycles. The Kier molecular flexibility index (Phi) is 2.94. The van der Waals surface area contributed by atoms with E-state index >= 15 is 0 Å². The standard InChI is InChI=1S/C16H18N4O2/c1-16(12-9-17-19(2)10-12)11-20(7-8-21-16)15-18-13-5-3-4-6-14(13)22-15/h3-6,9-10H,7-8,11H2,1-2H3. The highest BCUT2D eigenvalue weighted by molar-refractivity contribution is 5.74. The number of aromatic nitrogens is 3. The number of ether oxygens (including phenoxy) is 1. The Labute approximate surface area is 128 Å². The van der Waals surface area contributed by atoms with Gasteiger partial charge in [0.2, 0.25) is 0 Å². The number of rotatable bonds is 2. The van der Waals surface area contributed by atoms with Crippen LogP contribution >= 0.6 is 0 Å². The van der Waals surface area contributed by atoms with E-state index in [1.807, 2.05) is 43.7 Å². The van der Waals surface area contributed by atoms with Crippen LogP contribution in [0.3, 0.4) is 0 Å². The molecule has 0 radical (unpaired) electrons. The molecule has 1 atom stereocenters. The molecule has 22 heavy (non-hydrogen) atoms. The summed E-state index contributed by atoms with van der Waals surface area (Å²) in [6, 6.07) is 8.47. The van der Waals surface area contributed by atoms with Gasteiger partial charge in [-0.2, -0.15) is 10.1 Å². The van der Waals surface area contributed by atoms with E-state index in [0.717, 1.165) is 23.2 Å². The number of hydrogen-bond donors (Lipinski definition) is 0. The van der Waals surface area contributed by atoms with Crippen LogP contribution in [-0.2, 0) is 17.4 Å². The second-order valence-electron chi connectivity index (χ2n) is 5.87. The number of anilines is 1. The third-order valence-corrected chi connectivity index (χ3v) is 4.14. The van der Waals surface area contributed by atoms with Crippen molar-refractivity contribution in [2.75, 3.05) is 24.6 Å². The summed E-state index contributed by atoms with van der Waals surface area (Å²) in [4.78, 5) is 6.72. The van der Waals surface area contributed by atoms with Crippen LogP contribution < -0.4 is 4.90 Å². The van der Waals surface area contributed by atoms with Gasteiger partial charge in [0.1, 0.15) is 11.1 Å². The summed E-state index contributed by atoms with van der Waals surface area (Å²) < 4.78 is 13.7. The van der Waals surface area contributed by atoms with Gasteiger partial charge in [0.25, 0.3) is 6.01 Å². The number of oxazole rings is 1. The Morgan fingerprint density at radius 1 is 1.27 bits per heavy atom. The number of hydrogen-bond acceptors (Lipinski definition) is 5. The highest BCUT2D eigenvalue weighted by Crippen LogP contribution is 2.32. The van der Waals surface area contributed by atoms with Crippen molar-refractivity contribution in [1.29, 1.82) is 0 Å². The number of fused-ring (bicyclic) bond motifs is 1. The Balaban J connectivity index is 1.65. The van der Waals surface area contributed by atoms with Gasteiger partial charge in [-0.15, -0.1) is 0 Å². The van der Waals surface area contributed by atoms with E-state index in [1.165, 1.54) is 0 Å². The maximum absolute atomic E-state index is 6.03. The van der Waals surface area contributed by atoms with Crippen LogP contribution in [0.2, 0.25) is 0 Å². The Hall–Kier alpha value is -2.34. The summed E-state index contributed by atoms with van der Waals surface area (Å²) in [6.45, 7) is 4.16. The van der Waals surface area contributed by atoms with Gasteiger partial charge in [-0.1, -0.05) is 12.1 Å². The molecule has 6 heteroatoms. The lowest BCUT2D eigenvalue weighted by Gasteiger charge is -2.39. The summed E-state index contributed by atoms with van der Waals surface area (Å²) in [5, 5.41) is 4.25. The van der Waals surface area contributed by atoms with Crippen LogP contribution in [0.25, 0.3) is 11.1 Å². The normalized spacial score (nSPS) is 22.4. The third kappa shape index (κ3) is 2.16. The van der Waals surface area contributed by atoms with Crippen molar-refractivity contribution in [2.45, 2.75) is 12.5 Å². The van der Waals surface area contributed by atoms with Crippen LogP contribution in [0.15, 0.2) is 41.1 Å². The summed E-state index contributed by atoms with van der Waals surface area (Å²) in [5.74, 6) is 0. The molecule has 6 nitrogen and oxygen atoms in total. The maximum atomic E-state index is 6.03. The zero-order valence-corrected chi connectivity index (χ0v) is 12.7. The Morgan fingerprint density at radius 2 is 2.14 bits per heavy atom. The van der Waals surface area contributed by atoms with Gasteiger partial charge in [0.05, 0.1) is 19.3 Å². The van der Waals surface area contributed by atoms with E-state index in [1.54, 1.807) is 4.68 Å². The van der Waals surface area contributed by atoms with Gasteiger partial charge in [-0.3, -0.25) is 4.68 Å². The largest absolute Gasteiger partial charge is 0.423 e. The first-order chi connectivity index (χ1) is 10.6. The SMILES string of the molecule is Cn1cc(C2(C)CN(c3nc4ccccc4o3)CCO2)cn1. The van der Waals surface area contributed by atoms with Crippen LogP contribution in [-0.4, -0.2) is 34.5 Å². The van der Waals surface area contributed by atoms with Gasteiger partial charge < -0.3 is 14.1 Å². The molecular weight excluding hydrogens is 280 g/mol. The van der Waals surface area contributed by atoms with E-state index in [9.17, 15) is 0 Å². The summed E-state index contributed by atoms with van der Waals surface area (Å²) in [5.41, 5.74) is 2.35. The molecule has 1 aliphatic rings. The fourth-order valence-corrected chi connectivity index (χ4v) is 2.90. The minimum absolute atomic E-state index is 0.410. The lowest BCUT2D eigenvalue weighted by Crippen LogP contribution is -2.48. The molecule has 1 saturated heterocycles. The minimum Gasteiger partial charge on any atom is -0.423 e. The van der Waals surface area contributed by atoms with Crippen LogP contribution in [0.5, 0.6) is 0 Å². The second-order valence-corrected chi connectivity index (χ2v) is 5.87. The summed E-state index contributed by atoms with van der Waals surface area (Å²) in [7, 11) is 1.91. The van der Waals surface area contributed by atoms with Crippen molar-refractivity contribution >= 4 is 17.1 Å². The quantitative estimate of drug-likeness (QED) is 0.726. The van der Waals surface area contributed by atoms with E-state index in [0.29, 0.717) is 19.2 Å². The third-order valence-electron chi connectivity index (χ3n) is 4.14. The van der Waals surface area contributed by atoms with E-state index < -0.39 is 5.60 Å². The van der Waals surface area contributed by atoms with Crippen molar-refractivity contribution in [1.82, 2.24) is 14.8 Å². The highest BCUT2D eigenvalue weighted by Gasteiger charge is 2.36. The fourth-order valence-electron chi connectivity index (χ4n) is 2.90. The van der Waals surface area contributed by atoms with Gasteiger partial charge in [-0.25, -0.2) is 0 Å². The molecular formula is C16H18N4O2. The Bertz CT molecular complexity index is 776. The zero-order chi connectivity index (χ0) is 15.2. The number of aryl methyl sites for hydroxylation is 1. The molecule has 3 aromatic rings. The summed E-state index contributed by atoms with van der Waals surface area (Å²) >= 11 is 0. The molecule has 0 saturated carbocycles. The topological polar surface area (TPSA) is 56.3 Å². The molecule has 0 N–H and O–H groups in total. The van der Waals surface area contributed by atoms with Crippen molar-refractivity contribution in [3.05, 3.63) is 42.2 Å².